The first-order chi connectivity index (χ1) is 19.8. The van der Waals surface area contributed by atoms with Crippen LogP contribution >= 0.6 is 34.5 Å². The van der Waals surface area contributed by atoms with Crippen LogP contribution in [0.1, 0.15) is 36.6 Å². The lowest BCUT2D eigenvalue weighted by Gasteiger charge is -2.25. The Morgan fingerprint density at radius 2 is 1.83 bits per heavy atom. The van der Waals surface area contributed by atoms with Gasteiger partial charge in [0.2, 0.25) is 0 Å². The third-order valence-electron chi connectivity index (χ3n) is 6.51. The van der Waals surface area contributed by atoms with Crippen molar-refractivity contribution in [1.29, 1.82) is 0 Å². The number of hydrogen-bond acceptors (Lipinski definition) is 7. The van der Waals surface area contributed by atoms with E-state index in [1.54, 1.807) is 57.4 Å². The third kappa shape index (κ3) is 5.95. The molecule has 0 fully saturated rings. The van der Waals surface area contributed by atoms with Gasteiger partial charge in [-0.15, -0.1) is 0 Å². The molecule has 0 amide bonds. The van der Waals surface area contributed by atoms with Crippen LogP contribution in [0.25, 0.3) is 6.08 Å². The van der Waals surface area contributed by atoms with Gasteiger partial charge in [0.1, 0.15) is 12.6 Å². The monoisotopic (exact) mass is 608 g/mol. The smallest absolute Gasteiger partial charge is 0.338 e. The highest BCUT2D eigenvalue weighted by Gasteiger charge is 2.34. The van der Waals surface area contributed by atoms with Crippen LogP contribution < -0.4 is 24.4 Å². The molecule has 4 aromatic rings. The Bertz CT molecular complexity index is 1830. The van der Waals surface area contributed by atoms with Gasteiger partial charge in [0, 0.05) is 10.0 Å². The molecule has 0 saturated heterocycles. The minimum atomic E-state index is -0.778. The number of carbonyl (C=O) groups excluding carboxylic acids is 1. The van der Waals surface area contributed by atoms with E-state index in [-0.39, 0.29) is 17.7 Å². The van der Waals surface area contributed by atoms with E-state index in [0.717, 1.165) is 11.1 Å². The number of methoxy groups -OCH3 is 1. The number of ether oxygens (including phenoxy) is 3. The quantitative estimate of drug-likeness (QED) is 0.240. The third-order valence-corrected chi connectivity index (χ3v) is 8.09. The maximum atomic E-state index is 13.8. The topological polar surface area (TPSA) is 79.1 Å². The molecule has 0 saturated carbocycles. The first-order valence-electron chi connectivity index (χ1n) is 12.8. The fraction of sp³-hybridized carbons (Fsp3) is 0.194. The highest BCUT2D eigenvalue weighted by molar-refractivity contribution is 7.07. The van der Waals surface area contributed by atoms with Gasteiger partial charge >= 0.3 is 5.97 Å². The number of benzene rings is 3. The molecular weight excluding hydrogens is 583 g/mol. The number of hydrogen-bond donors (Lipinski definition) is 0. The van der Waals surface area contributed by atoms with Crippen LogP contribution in [-0.2, 0) is 16.1 Å². The molecular formula is C31H26Cl2N2O5S. The molecule has 41 heavy (non-hydrogen) atoms. The number of thiazole rings is 1. The van der Waals surface area contributed by atoms with Crippen LogP contribution in [-0.4, -0.2) is 24.3 Å². The molecule has 0 N–H and O–H groups in total. The average molecular weight is 610 g/mol. The van der Waals surface area contributed by atoms with Crippen molar-refractivity contribution in [3.8, 4) is 11.5 Å². The fourth-order valence-electron chi connectivity index (χ4n) is 4.57. The summed E-state index contributed by atoms with van der Waals surface area (Å²) in [6, 6.07) is 19.2. The first kappa shape index (κ1) is 28.7. The molecule has 5 rings (SSSR count). The number of nitrogens with zero attached hydrogens (tertiary/aromatic N) is 2. The molecule has 1 aromatic heterocycles. The predicted octanol–water partition coefficient (Wildman–Crippen LogP) is 5.69. The lowest BCUT2D eigenvalue weighted by molar-refractivity contribution is -0.139. The molecule has 3 aromatic carbocycles. The average Bonchev–Trinajstić information content (AvgIpc) is 3.26. The number of allylic oxidation sites excluding steroid dienone is 1. The normalized spacial score (nSPS) is 14.9. The van der Waals surface area contributed by atoms with Crippen molar-refractivity contribution in [2.45, 2.75) is 26.5 Å². The van der Waals surface area contributed by atoms with Gasteiger partial charge in [0.15, 0.2) is 16.3 Å². The molecule has 1 unspecified atom stereocenters. The Kier molecular flexibility index (Phi) is 8.63. The SMILES string of the molecule is CCOC(=O)C1=C(C)N=c2sc(=Cc3ccc(OCc4ccc(Cl)cc4)c(OC)c3)c(=O)n2C1c1ccccc1Cl. The summed E-state index contributed by atoms with van der Waals surface area (Å²) >= 11 is 13.8. The summed E-state index contributed by atoms with van der Waals surface area (Å²) in [4.78, 5) is 32.0. The van der Waals surface area contributed by atoms with E-state index in [2.05, 4.69) is 4.99 Å². The van der Waals surface area contributed by atoms with E-state index >= 15 is 0 Å². The standard InChI is InChI=1S/C31H26Cl2N2O5S/c1-4-39-30(37)27-18(2)34-31-35(28(27)22-7-5-6-8-23(22)33)29(36)26(41-31)16-20-11-14-24(25(15-20)38-3)40-17-19-9-12-21(32)13-10-19/h5-16,28H,4,17H2,1-3H3. The predicted molar refractivity (Wildman–Crippen MR) is 161 cm³/mol. The summed E-state index contributed by atoms with van der Waals surface area (Å²) in [5.41, 5.74) is 2.78. The van der Waals surface area contributed by atoms with Gasteiger partial charge in [0.05, 0.1) is 29.5 Å². The summed E-state index contributed by atoms with van der Waals surface area (Å²) < 4.78 is 18.8. The van der Waals surface area contributed by atoms with E-state index in [9.17, 15) is 9.59 Å². The maximum absolute atomic E-state index is 13.8. The number of rotatable bonds is 8. The van der Waals surface area contributed by atoms with Gasteiger partial charge in [-0.25, -0.2) is 9.79 Å². The Morgan fingerprint density at radius 1 is 1.07 bits per heavy atom. The second-order valence-corrected chi connectivity index (χ2v) is 11.0. The minimum absolute atomic E-state index is 0.191. The summed E-state index contributed by atoms with van der Waals surface area (Å²) in [5, 5.41) is 1.09. The molecule has 1 aliphatic heterocycles. The minimum Gasteiger partial charge on any atom is -0.493 e. The molecule has 0 spiro atoms. The van der Waals surface area contributed by atoms with Crippen molar-refractivity contribution in [3.63, 3.8) is 0 Å². The van der Waals surface area contributed by atoms with Crippen LogP contribution in [0.15, 0.2) is 87.8 Å². The first-order valence-corrected chi connectivity index (χ1v) is 14.4. The van der Waals surface area contributed by atoms with Gasteiger partial charge in [-0.2, -0.15) is 0 Å². The Labute approximate surface area is 250 Å². The number of esters is 1. The zero-order chi connectivity index (χ0) is 29.1. The van der Waals surface area contributed by atoms with Gasteiger partial charge in [-0.1, -0.05) is 70.9 Å². The van der Waals surface area contributed by atoms with Crippen LogP contribution in [0.4, 0.5) is 0 Å². The Balaban J connectivity index is 1.55. The molecule has 0 aliphatic carbocycles. The van der Waals surface area contributed by atoms with Crippen molar-refractivity contribution in [2.24, 2.45) is 4.99 Å². The zero-order valence-electron chi connectivity index (χ0n) is 22.5. The Hall–Kier alpha value is -3.85. The summed E-state index contributed by atoms with van der Waals surface area (Å²) in [7, 11) is 1.56. The zero-order valence-corrected chi connectivity index (χ0v) is 24.8. The van der Waals surface area contributed by atoms with E-state index in [1.165, 1.54) is 15.9 Å². The van der Waals surface area contributed by atoms with Crippen LogP contribution in [0.3, 0.4) is 0 Å². The maximum Gasteiger partial charge on any atom is 0.338 e. The van der Waals surface area contributed by atoms with Crippen molar-refractivity contribution in [2.75, 3.05) is 13.7 Å². The highest BCUT2D eigenvalue weighted by atomic mass is 35.5. The van der Waals surface area contributed by atoms with Crippen LogP contribution in [0, 0.1) is 0 Å². The van der Waals surface area contributed by atoms with Crippen molar-refractivity contribution < 1.29 is 19.0 Å². The molecule has 210 valence electrons. The van der Waals surface area contributed by atoms with Gasteiger partial charge in [-0.05, 0) is 66.9 Å². The summed E-state index contributed by atoms with van der Waals surface area (Å²) in [6.45, 7) is 4.00. The van der Waals surface area contributed by atoms with E-state index in [4.69, 9.17) is 37.4 Å². The molecule has 1 atom stereocenters. The van der Waals surface area contributed by atoms with E-state index in [1.807, 2.05) is 36.4 Å². The van der Waals surface area contributed by atoms with E-state index in [0.29, 0.717) is 48.7 Å². The Morgan fingerprint density at radius 3 is 2.54 bits per heavy atom. The van der Waals surface area contributed by atoms with Gasteiger partial charge in [0.25, 0.3) is 5.56 Å². The van der Waals surface area contributed by atoms with Crippen LogP contribution in [0.5, 0.6) is 11.5 Å². The largest absolute Gasteiger partial charge is 0.493 e. The number of fused-ring (bicyclic) bond motifs is 1. The van der Waals surface area contributed by atoms with E-state index < -0.39 is 12.0 Å². The summed E-state index contributed by atoms with van der Waals surface area (Å²) in [6.07, 6.45) is 1.77. The fourth-order valence-corrected chi connectivity index (χ4v) is 5.98. The van der Waals surface area contributed by atoms with Gasteiger partial charge < -0.3 is 14.2 Å². The number of aromatic nitrogens is 1. The lowest BCUT2D eigenvalue weighted by Crippen LogP contribution is -2.40. The molecule has 1 aliphatic rings. The van der Waals surface area contributed by atoms with Crippen LogP contribution in [0.2, 0.25) is 10.0 Å². The van der Waals surface area contributed by atoms with Gasteiger partial charge in [-0.3, -0.25) is 9.36 Å². The number of halogens is 2. The summed E-state index contributed by atoms with van der Waals surface area (Å²) in [5.74, 6) is 0.552. The van der Waals surface area contributed by atoms with Crippen molar-refractivity contribution >= 4 is 46.6 Å². The molecule has 0 radical (unpaired) electrons. The lowest BCUT2D eigenvalue weighted by atomic mass is 9.96. The number of carbonyl (C=O) groups is 1. The molecule has 2 heterocycles. The van der Waals surface area contributed by atoms with Crippen molar-refractivity contribution in [1.82, 2.24) is 4.57 Å². The highest BCUT2D eigenvalue weighted by Crippen LogP contribution is 2.34. The second kappa shape index (κ2) is 12.3. The molecule has 10 heteroatoms. The molecule has 7 nitrogen and oxygen atoms in total. The molecule has 0 bridgehead atoms. The second-order valence-electron chi connectivity index (χ2n) is 9.15. The van der Waals surface area contributed by atoms with Crippen molar-refractivity contribution in [3.05, 3.63) is 124 Å².